The third-order valence-electron chi connectivity index (χ3n) is 13.2. The van der Waals surface area contributed by atoms with Gasteiger partial charge in [0.1, 0.15) is 0 Å². The van der Waals surface area contributed by atoms with Gasteiger partial charge in [-0.1, -0.05) is 222 Å². The molecule has 0 atom stereocenters. The van der Waals surface area contributed by atoms with Crippen molar-refractivity contribution in [1.82, 2.24) is 0 Å². The van der Waals surface area contributed by atoms with Crippen molar-refractivity contribution in [3.63, 3.8) is 0 Å². The minimum Gasteiger partial charge on any atom is -0.184 e. The first-order chi connectivity index (χ1) is 34.2. The zero-order valence-corrected chi connectivity index (χ0v) is 46.3. The van der Waals surface area contributed by atoms with E-state index in [9.17, 15) is 0 Å². The van der Waals surface area contributed by atoms with Crippen LogP contribution in [0.25, 0.3) is 77.2 Å². The van der Waals surface area contributed by atoms with Gasteiger partial charge >= 0.3 is 37.9 Å². The molecule has 350 valence electrons. The van der Waals surface area contributed by atoms with Crippen LogP contribution in [0.2, 0.25) is 0 Å². The van der Waals surface area contributed by atoms with Crippen molar-refractivity contribution in [2.24, 2.45) is 0 Å². The molecule has 0 amide bonds. The number of hydrogen-bond donors (Lipinski definition) is 0. The Labute approximate surface area is 439 Å². The molecule has 10 aromatic carbocycles. The topological polar surface area (TPSA) is 0 Å². The third kappa shape index (κ3) is 11.7. The zero-order valence-electron chi connectivity index (χ0n) is 41.3. The standard InChI is InChI=1S/2C27H27.C12H7Si.2ClH.Zr/c2*1-4-10-20-17-22-15-16-24(21-11-6-5-7-12-21)27(26(22)18-20)25-14-9-8-13-23(25)19(2)3;1-3-7-11-9(5-1)10-6-2-4-8-12(10)13-11;;;/h2*5-9,11-19H,4,10H2,1-3H3;1-7H;2*1H;/q3*-1;;;+2/p-2. The van der Waals surface area contributed by atoms with E-state index in [1.165, 1.54) is 123 Å². The van der Waals surface area contributed by atoms with E-state index in [0.29, 0.717) is 11.8 Å². The molecule has 1 aliphatic rings. The molecule has 0 N–H and O–H groups in total. The van der Waals surface area contributed by atoms with E-state index >= 15 is 0 Å². The van der Waals surface area contributed by atoms with Gasteiger partial charge in [-0.25, -0.2) is 0 Å². The second-order valence-corrected chi connectivity index (χ2v) is 23.6. The summed E-state index contributed by atoms with van der Waals surface area (Å²) < 4.78 is 0. The SMILES string of the molecule is CCCc1cc2c(-c3ccccc3C(C)C)c(-c3ccccc3)ccc2[cH-]1.CCCc1cc2c(-c3ccccc3C(C)C)c(-c3ccccc3)ccc2[cH-]1.[Cl][Zr][Cl].[c-]1cccc2c1[Si]c1ccccc1-2. The van der Waals surface area contributed by atoms with E-state index in [1.807, 2.05) is 6.07 Å². The molecule has 0 spiro atoms. The Balaban J connectivity index is 0.000000144. The normalized spacial score (nSPS) is 11.3. The zero-order chi connectivity index (χ0) is 49.0. The number of aryl methyl sites for hydroxylation is 2. The fourth-order valence-corrected chi connectivity index (χ4v) is 11.3. The smallest absolute Gasteiger partial charge is 0.0920 e. The molecule has 0 nitrogen and oxygen atoms in total. The van der Waals surface area contributed by atoms with Crippen molar-refractivity contribution in [3.8, 4) is 55.6 Å². The Morgan fingerprint density at radius 1 is 0.471 bits per heavy atom. The molecule has 11 rings (SSSR count). The molecule has 0 unspecified atom stereocenters. The minimum atomic E-state index is -0.826. The molecule has 1 aliphatic heterocycles. The maximum atomic E-state index is 4.93. The summed E-state index contributed by atoms with van der Waals surface area (Å²) in [4.78, 5) is 0. The fraction of sp³-hybridized carbons (Fsp3) is 0.182. The molecule has 10 aromatic rings. The maximum absolute atomic E-state index is 4.93. The van der Waals surface area contributed by atoms with Crippen molar-refractivity contribution in [2.75, 3.05) is 0 Å². The predicted molar refractivity (Wildman–Crippen MR) is 304 cm³/mol. The van der Waals surface area contributed by atoms with E-state index in [-0.39, 0.29) is 0 Å². The largest absolute Gasteiger partial charge is 0.184 e. The van der Waals surface area contributed by atoms with Gasteiger partial charge in [-0.15, -0.1) is 62.5 Å². The monoisotopic (exact) mass is 1040 g/mol. The van der Waals surface area contributed by atoms with E-state index in [4.69, 9.17) is 17.0 Å². The number of halogens is 2. The van der Waals surface area contributed by atoms with Crippen LogP contribution in [0, 0.1) is 6.07 Å². The molecule has 70 heavy (non-hydrogen) atoms. The molecular weight excluding hydrogens is 983 g/mol. The molecule has 0 saturated heterocycles. The fourth-order valence-electron chi connectivity index (χ4n) is 10.0. The molecule has 0 aromatic heterocycles. The van der Waals surface area contributed by atoms with Gasteiger partial charge in [0.05, 0.1) is 9.52 Å². The molecule has 4 heteroatoms. The molecule has 0 fully saturated rings. The Morgan fingerprint density at radius 2 is 0.886 bits per heavy atom. The molecule has 2 radical (unpaired) electrons. The quantitative estimate of drug-likeness (QED) is 0.0946. The average molecular weight is 1040 g/mol. The van der Waals surface area contributed by atoms with Gasteiger partial charge in [-0.2, -0.15) is 41.6 Å². The van der Waals surface area contributed by atoms with Crippen LogP contribution >= 0.6 is 17.0 Å². The summed E-state index contributed by atoms with van der Waals surface area (Å²) in [6, 6.07) is 76.3. The van der Waals surface area contributed by atoms with Crippen LogP contribution < -0.4 is 10.4 Å². The van der Waals surface area contributed by atoms with Crippen molar-refractivity contribution >= 4 is 58.5 Å². The van der Waals surface area contributed by atoms with Crippen LogP contribution in [-0.2, 0) is 33.7 Å². The molecule has 0 aliphatic carbocycles. The molecular formula is C66H61Cl2SiZr-3. The van der Waals surface area contributed by atoms with Gasteiger partial charge in [-0.3, -0.25) is 0 Å². The van der Waals surface area contributed by atoms with E-state index < -0.39 is 20.8 Å². The third-order valence-corrected chi connectivity index (χ3v) is 14.6. The van der Waals surface area contributed by atoms with Gasteiger partial charge in [0, 0.05) is 0 Å². The summed E-state index contributed by atoms with van der Waals surface area (Å²) in [5.41, 5.74) is 19.2. The van der Waals surface area contributed by atoms with E-state index in [0.717, 1.165) is 22.4 Å². The van der Waals surface area contributed by atoms with Crippen LogP contribution in [0.15, 0.2) is 200 Å². The maximum Gasteiger partial charge on any atom is 0.0920 e. The first-order valence-corrected chi connectivity index (χ1v) is 32.1. The predicted octanol–water partition coefficient (Wildman–Crippen LogP) is 18.4. The van der Waals surface area contributed by atoms with Gasteiger partial charge in [0.25, 0.3) is 0 Å². The summed E-state index contributed by atoms with van der Waals surface area (Å²) in [7, 11) is 10.7. The van der Waals surface area contributed by atoms with Gasteiger partial charge < -0.3 is 0 Å². The van der Waals surface area contributed by atoms with Crippen LogP contribution in [0.3, 0.4) is 0 Å². The Kier molecular flexibility index (Phi) is 18.0. The van der Waals surface area contributed by atoms with Crippen molar-refractivity contribution in [2.45, 2.75) is 79.1 Å². The van der Waals surface area contributed by atoms with Crippen LogP contribution in [0.4, 0.5) is 0 Å². The van der Waals surface area contributed by atoms with Crippen LogP contribution in [-0.4, -0.2) is 9.52 Å². The van der Waals surface area contributed by atoms with Gasteiger partial charge in [0.15, 0.2) is 0 Å². The summed E-state index contributed by atoms with van der Waals surface area (Å²) in [6.07, 6.45) is 4.64. The van der Waals surface area contributed by atoms with Crippen LogP contribution in [0.5, 0.6) is 0 Å². The molecule has 1 heterocycles. The second kappa shape index (κ2) is 24.7. The number of benzene rings is 8. The number of rotatable bonds is 10. The first-order valence-electron chi connectivity index (χ1n) is 24.8. The Hall–Kier alpha value is -5.34. The Bertz CT molecular complexity index is 3050. The van der Waals surface area contributed by atoms with Crippen molar-refractivity contribution in [3.05, 3.63) is 229 Å². The molecule has 0 saturated carbocycles. The van der Waals surface area contributed by atoms with Crippen LogP contribution in [0.1, 0.15) is 88.5 Å². The van der Waals surface area contributed by atoms with E-state index in [2.05, 4.69) is 242 Å². The first kappa shape index (κ1) is 51.0. The summed E-state index contributed by atoms with van der Waals surface area (Å²) in [6.45, 7) is 13.6. The Morgan fingerprint density at radius 3 is 1.34 bits per heavy atom. The minimum absolute atomic E-state index is 0.491. The van der Waals surface area contributed by atoms with Gasteiger partial charge in [0.2, 0.25) is 0 Å². The van der Waals surface area contributed by atoms with Gasteiger partial charge in [-0.05, 0) is 69.2 Å². The number of fused-ring (bicyclic) bond motifs is 5. The van der Waals surface area contributed by atoms with Crippen molar-refractivity contribution in [1.29, 1.82) is 0 Å². The summed E-state index contributed by atoms with van der Waals surface area (Å²) in [5.74, 6) is 0.982. The average Bonchev–Trinajstić information content (AvgIpc) is 4.12. The van der Waals surface area contributed by atoms with Crippen molar-refractivity contribution < 1.29 is 20.8 Å². The molecule has 0 bridgehead atoms. The summed E-state index contributed by atoms with van der Waals surface area (Å²) >= 11 is -0.826. The van der Waals surface area contributed by atoms with E-state index in [1.54, 1.807) is 0 Å². The number of hydrogen-bond acceptors (Lipinski definition) is 0. The second-order valence-electron chi connectivity index (χ2n) is 18.6. The summed E-state index contributed by atoms with van der Waals surface area (Å²) in [5, 5.41) is 8.29.